The number of benzene rings is 1. The maximum Gasteiger partial charge on any atom is 0.235 e. The van der Waals surface area contributed by atoms with E-state index in [1.54, 1.807) is 25.0 Å². The van der Waals surface area contributed by atoms with Gasteiger partial charge in [0.1, 0.15) is 11.8 Å². The summed E-state index contributed by atoms with van der Waals surface area (Å²) in [4.78, 5) is 19.4. The molecule has 26 heavy (non-hydrogen) atoms. The minimum absolute atomic E-state index is 0.0610. The van der Waals surface area contributed by atoms with Gasteiger partial charge < -0.3 is 19.0 Å². The van der Waals surface area contributed by atoms with E-state index < -0.39 is 0 Å². The van der Waals surface area contributed by atoms with Gasteiger partial charge in [0.2, 0.25) is 23.4 Å². The monoisotopic (exact) mass is 352 g/mol. The summed E-state index contributed by atoms with van der Waals surface area (Å²) in [5.74, 6) is 1.69. The Bertz CT molecular complexity index is 841. The highest BCUT2D eigenvalue weighted by Crippen LogP contribution is 2.24. The first-order chi connectivity index (χ1) is 12.6. The lowest BCUT2D eigenvalue weighted by Crippen LogP contribution is -2.48. The average molecular weight is 352 g/mol. The van der Waals surface area contributed by atoms with Crippen LogP contribution in [0.5, 0.6) is 5.75 Å². The van der Waals surface area contributed by atoms with E-state index in [9.17, 15) is 10.1 Å². The molecule has 7 heteroatoms. The number of carbonyl (C=O) groups is 1. The molecule has 0 saturated carbocycles. The number of carbonyl (C=O) groups excluding carboxylic acids is 1. The second-order valence-electron chi connectivity index (χ2n) is 5.92. The maximum atomic E-state index is 11.4. The number of methoxy groups -OCH3 is 1. The highest BCUT2D eigenvalue weighted by Gasteiger charge is 2.24. The first kappa shape index (κ1) is 17.5. The van der Waals surface area contributed by atoms with Crippen LogP contribution in [0.3, 0.4) is 0 Å². The van der Waals surface area contributed by atoms with Gasteiger partial charge in [-0.05, 0) is 23.8 Å². The first-order valence-electron chi connectivity index (χ1n) is 8.34. The Balaban J connectivity index is 1.73. The van der Waals surface area contributed by atoms with Crippen molar-refractivity contribution in [2.45, 2.75) is 6.92 Å². The zero-order valence-electron chi connectivity index (χ0n) is 14.8. The summed E-state index contributed by atoms with van der Waals surface area (Å²) in [6, 6.07) is 9.67. The Morgan fingerprint density at radius 1 is 1.23 bits per heavy atom. The molecule has 2 heterocycles. The quantitative estimate of drug-likeness (QED) is 0.840. The molecule has 1 aliphatic heterocycles. The Labute approximate surface area is 152 Å². The number of amides is 1. The van der Waals surface area contributed by atoms with Gasteiger partial charge in [-0.15, -0.1) is 0 Å². The maximum absolute atomic E-state index is 11.4. The Kier molecular flexibility index (Phi) is 5.23. The molecule has 134 valence electrons. The second-order valence-corrected chi connectivity index (χ2v) is 5.92. The number of oxazole rings is 1. The van der Waals surface area contributed by atoms with Crippen LogP contribution in [0.4, 0.5) is 5.88 Å². The van der Waals surface area contributed by atoms with Gasteiger partial charge in [-0.3, -0.25) is 4.79 Å². The van der Waals surface area contributed by atoms with E-state index in [0.717, 1.165) is 11.3 Å². The number of piperazine rings is 1. The van der Waals surface area contributed by atoms with E-state index >= 15 is 0 Å². The summed E-state index contributed by atoms with van der Waals surface area (Å²) in [5.41, 5.74) is 1.23. The standard InChI is InChI=1S/C19H20N4O3/c1-14(24)22-9-11-23(12-10-22)19-17(13-20)21-18(26-19)8-5-15-3-6-16(25-2)7-4-15/h3-8H,9-12H2,1-2H3. The van der Waals surface area contributed by atoms with Crippen molar-refractivity contribution in [1.29, 1.82) is 5.26 Å². The van der Waals surface area contributed by atoms with Crippen molar-refractivity contribution in [3.05, 3.63) is 41.4 Å². The molecule has 0 spiro atoms. The lowest BCUT2D eigenvalue weighted by molar-refractivity contribution is -0.129. The Hall–Kier alpha value is -3.27. The molecule has 0 unspecified atom stereocenters. The molecule has 0 radical (unpaired) electrons. The number of nitrogens with zero attached hydrogens (tertiary/aromatic N) is 4. The molecule has 0 bridgehead atoms. The molecule has 1 aromatic heterocycles. The van der Waals surface area contributed by atoms with Crippen molar-refractivity contribution >= 4 is 23.9 Å². The number of nitriles is 1. The zero-order valence-corrected chi connectivity index (χ0v) is 14.8. The average Bonchev–Trinajstić information content (AvgIpc) is 3.10. The Morgan fingerprint density at radius 2 is 1.92 bits per heavy atom. The lowest BCUT2D eigenvalue weighted by atomic mass is 10.2. The van der Waals surface area contributed by atoms with E-state index in [1.807, 2.05) is 35.2 Å². The fraction of sp³-hybridized carbons (Fsp3) is 0.316. The molecule has 1 amide bonds. The van der Waals surface area contributed by atoms with Gasteiger partial charge in [0.05, 0.1) is 7.11 Å². The van der Waals surface area contributed by atoms with E-state index in [0.29, 0.717) is 38.0 Å². The zero-order chi connectivity index (χ0) is 18.5. The van der Waals surface area contributed by atoms with Gasteiger partial charge in [-0.2, -0.15) is 10.2 Å². The normalized spacial score (nSPS) is 14.5. The molecular formula is C19H20N4O3. The topological polar surface area (TPSA) is 82.6 Å². The van der Waals surface area contributed by atoms with Crippen molar-refractivity contribution in [1.82, 2.24) is 9.88 Å². The number of hydrogen-bond acceptors (Lipinski definition) is 6. The van der Waals surface area contributed by atoms with Crippen LogP contribution < -0.4 is 9.64 Å². The van der Waals surface area contributed by atoms with Crippen molar-refractivity contribution in [2.75, 3.05) is 38.2 Å². The second kappa shape index (κ2) is 7.74. The van der Waals surface area contributed by atoms with Crippen molar-refractivity contribution in [3.8, 4) is 11.8 Å². The van der Waals surface area contributed by atoms with Crippen LogP contribution in [0.15, 0.2) is 28.7 Å². The van der Waals surface area contributed by atoms with Gasteiger partial charge in [-0.1, -0.05) is 12.1 Å². The van der Waals surface area contributed by atoms with E-state index in [-0.39, 0.29) is 11.6 Å². The third-order valence-electron chi connectivity index (χ3n) is 4.28. The molecule has 7 nitrogen and oxygen atoms in total. The highest BCUT2D eigenvalue weighted by molar-refractivity contribution is 5.73. The lowest BCUT2D eigenvalue weighted by Gasteiger charge is -2.33. The minimum atomic E-state index is 0.0610. The van der Waals surface area contributed by atoms with E-state index in [2.05, 4.69) is 11.1 Å². The smallest absolute Gasteiger partial charge is 0.235 e. The Morgan fingerprint density at radius 3 is 2.50 bits per heavy atom. The number of ether oxygens (including phenoxy) is 1. The molecule has 2 aromatic rings. The van der Waals surface area contributed by atoms with Crippen LogP contribution in [0.1, 0.15) is 24.1 Å². The summed E-state index contributed by atoms with van der Waals surface area (Å²) in [6.07, 6.45) is 3.60. The minimum Gasteiger partial charge on any atom is -0.497 e. The summed E-state index contributed by atoms with van der Waals surface area (Å²) in [7, 11) is 1.62. The molecule has 0 atom stereocenters. The molecule has 1 aromatic carbocycles. The van der Waals surface area contributed by atoms with Crippen LogP contribution in [-0.2, 0) is 4.79 Å². The van der Waals surface area contributed by atoms with Crippen LogP contribution in [0.25, 0.3) is 12.2 Å². The highest BCUT2D eigenvalue weighted by atomic mass is 16.5. The number of rotatable bonds is 4. The number of aromatic nitrogens is 1. The first-order valence-corrected chi connectivity index (χ1v) is 8.34. The number of anilines is 1. The van der Waals surface area contributed by atoms with Crippen LogP contribution in [0.2, 0.25) is 0 Å². The molecule has 1 fully saturated rings. The molecule has 1 saturated heterocycles. The molecule has 3 rings (SSSR count). The van der Waals surface area contributed by atoms with E-state index in [4.69, 9.17) is 9.15 Å². The summed E-state index contributed by atoms with van der Waals surface area (Å²) < 4.78 is 10.9. The van der Waals surface area contributed by atoms with Crippen LogP contribution >= 0.6 is 0 Å². The third-order valence-corrected chi connectivity index (χ3v) is 4.28. The molecule has 0 aliphatic carbocycles. The predicted octanol–water partition coefficient (Wildman–Crippen LogP) is 2.39. The fourth-order valence-electron chi connectivity index (χ4n) is 2.79. The van der Waals surface area contributed by atoms with E-state index in [1.165, 1.54) is 0 Å². The third kappa shape index (κ3) is 3.86. The summed E-state index contributed by atoms with van der Waals surface area (Å²) in [6.45, 7) is 4.01. The molecule has 0 N–H and O–H groups in total. The predicted molar refractivity (Wildman–Crippen MR) is 97.6 cm³/mol. The van der Waals surface area contributed by atoms with Gasteiger partial charge in [-0.25, -0.2) is 0 Å². The van der Waals surface area contributed by atoms with Crippen LogP contribution in [-0.4, -0.2) is 49.1 Å². The van der Waals surface area contributed by atoms with Crippen LogP contribution in [0, 0.1) is 11.3 Å². The SMILES string of the molecule is COc1ccc(C=Cc2nc(C#N)c(N3CCN(C(C)=O)CC3)o2)cc1. The largest absolute Gasteiger partial charge is 0.497 e. The summed E-state index contributed by atoms with van der Waals surface area (Å²) in [5, 5.41) is 9.34. The molecular weight excluding hydrogens is 332 g/mol. The van der Waals surface area contributed by atoms with Crippen molar-refractivity contribution in [2.24, 2.45) is 0 Å². The number of hydrogen-bond donors (Lipinski definition) is 0. The fourth-order valence-corrected chi connectivity index (χ4v) is 2.79. The van der Waals surface area contributed by atoms with Gasteiger partial charge in [0.25, 0.3) is 0 Å². The molecule has 1 aliphatic rings. The van der Waals surface area contributed by atoms with Gasteiger partial charge in [0.15, 0.2) is 0 Å². The summed E-state index contributed by atoms with van der Waals surface area (Å²) >= 11 is 0. The van der Waals surface area contributed by atoms with Gasteiger partial charge in [0, 0.05) is 39.2 Å². The van der Waals surface area contributed by atoms with Crippen molar-refractivity contribution < 1.29 is 13.9 Å². The van der Waals surface area contributed by atoms with Crippen molar-refractivity contribution in [3.63, 3.8) is 0 Å². The van der Waals surface area contributed by atoms with Gasteiger partial charge >= 0.3 is 0 Å².